The number of para-hydroxylation sites is 4. The van der Waals surface area contributed by atoms with Crippen LogP contribution in [0.1, 0.15) is 0 Å². The van der Waals surface area contributed by atoms with Crippen molar-refractivity contribution < 1.29 is 8.83 Å². The highest BCUT2D eigenvalue weighted by atomic mass is 16.3. The SMILES string of the molecule is c1ccc(-c2cc3oc4ccc(-n5c6ccccc6c6cc(-c7ccc8c(c7)c7ccccc7n8-c7ccccc7)ccc65)cc4c3c3oc4ccccc4c23)cc1. The molecule has 0 atom stereocenters. The van der Waals surface area contributed by atoms with Crippen molar-refractivity contribution in [2.24, 2.45) is 0 Å². The van der Waals surface area contributed by atoms with Gasteiger partial charge in [0.2, 0.25) is 0 Å². The Labute approximate surface area is 332 Å². The van der Waals surface area contributed by atoms with Crippen molar-refractivity contribution in [3.8, 4) is 33.6 Å². The minimum Gasteiger partial charge on any atom is -0.456 e. The van der Waals surface area contributed by atoms with E-state index >= 15 is 0 Å². The second kappa shape index (κ2) is 11.8. The number of aromatic nitrogens is 2. The lowest BCUT2D eigenvalue weighted by Gasteiger charge is -2.09. The van der Waals surface area contributed by atoms with E-state index in [0.717, 1.165) is 77.4 Å². The summed E-state index contributed by atoms with van der Waals surface area (Å²) in [7, 11) is 0. The van der Waals surface area contributed by atoms with Crippen LogP contribution in [0.5, 0.6) is 0 Å². The summed E-state index contributed by atoms with van der Waals surface area (Å²) in [5, 5.41) is 9.15. The predicted octanol–water partition coefficient (Wildman–Crippen LogP) is 15.0. The zero-order valence-corrected chi connectivity index (χ0v) is 31.2. The van der Waals surface area contributed by atoms with Crippen LogP contribution < -0.4 is 0 Å². The van der Waals surface area contributed by atoms with Gasteiger partial charge in [0.15, 0.2) is 0 Å². The summed E-state index contributed by atoms with van der Waals surface area (Å²) in [4.78, 5) is 0. The van der Waals surface area contributed by atoms with Crippen molar-refractivity contribution in [3.05, 3.63) is 194 Å². The maximum Gasteiger partial charge on any atom is 0.147 e. The van der Waals surface area contributed by atoms with Crippen molar-refractivity contribution in [1.82, 2.24) is 9.13 Å². The van der Waals surface area contributed by atoms with Gasteiger partial charge in [0, 0.05) is 49.1 Å². The fourth-order valence-electron chi connectivity index (χ4n) is 9.56. The summed E-state index contributed by atoms with van der Waals surface area (Å²) in [6.07, 6.45) is 0. The molecular formula is C54H32N2O2. The second-order valence-corrected chi connectivity index (χ2v) is 15.3. The lowest BCUT2D eigenvalue weighted by molar-refractivity contribution is 0.663. The molecular weight excluding hydrogens is 709 g/mol. The third-order valence-corrected chi connectivity index (χ3v) is 12.1. The molecule has 0 aliphatic rings. The van der Waals surface area contributed by atoms with Gasteiger partial charge in [-0.1, -0.05) is 115 Å². The van der Waals surface area contributed by atoms with E-state index < -0.39 is 0 Å². The Kier molecular flexibility index (Phi) is 6.41. The Balaban J connectivity index is 1.01. The monoisotopic (exact) mass is 740 g/mol. The van der Waals surface area contributed by atoms with Crippen molar-refractivity contribution in [2.75, 3.05) is 0 Å². The molecule has 4 heteroatoms. The van der Waals surface area contributed by atoms with E-state index in [1.807, 2.05) is 6.07 Å². The zero-order valence-electron chi connectivity index (χ0n) is 31.2. The fourth-order valence-corrected chi connectivity index (χ4v) is 9.56. The van der Waals surface area contributed by atoms with Crippen LogP contribution in [0.2, 0.25) is 0 Å². The van der Waals surface area contributed by atoms with Gasteiger partial charge < -0.3 is 18.0 Å². The first kappa shape index (κ1) is 31.4. The third-order valence-electron chi connectivity index (χ3n) is 12.1. The molecule has 0 saturated carbocycles. The first-order valence-corrected chi connectivity index (χ1v) is 19.8. The van der Waals surface area contributed by atoms with E-state index in [2.05, 4.69) is 197 Å². The Morgan fingerprint density at radius 3 is 1.53 bits per heavy atom. The third kappa shape index (κ3) is 4.40. The molecule has 0 saturated heterocycles. The van der Waals surface area contributed by atoms with Gasteiger partial charge in [-0.05, 0) is 101 Å². The minimum absolute atomic E-state index is 0.813. The van der Waals surface area contributed by atoms with Crippen LogP contribution in [0.3, 0.4) is 0 Å². The van der Waals surface area contributed by atoms with Gasteiger partial charge in [0.25, 0.3) is 0 Å². The largest absolute Gasteiger partial charge is 0.456 e. The Bertz CT molecular complexity index is 3790. The normalized spacial score (nSPS) is 12.1. The smallest absolute Gasteiger partial charge is 0.147 e. The molecule has 0 bridgehead atoms. The van der Waals surface area contributed by atoms with Crippen molar-refractivity contribution in [1.29, 1.82) is 0 Å². The van der Waals surface area contributed by atoms with Crippen LogP contribution >= 0.6 is 0 Å². The van der Waals surface area contributed by atoms with Crippen molar-refractivity contribution in [2.45, 2.75) is 0 Å². The molecule has 0 aliphatic carbocycles. The molecule has 4 aromatic heterocycles. The Morgan fingerprint density at radius 1 is 0.293 bits per heavy atom. The van der Waals surface area contributed by atoms with E-state index in [1.54, 1.807) is 0 Å². The van der Waals surface area contributed by atoms with Gasteiger partial charge in [-0.3, -0.25) is 0 Å². The predicted molar refractivity (Wildman–Crippen MR) is 241 cm³/mol. The molecule has 0 radical (unpaired) electrons. The van der Waals surface area contributed by atoms with Gasteiger partial charge in [0.1, 0.15) is 22.3 Å². The van der Waals surface area contributed by atoms with Crippen LogP contribution in [0.25, 0.3) is 121 Å². The number of hydrogen-bond donors (Lipinski definition) is 0. The van der Waals surface area contributed by atoms with Crippen molar-refractivity contribution in [3.63, 3.8) is 0 Å². The molecule has 13 rings (SSSR count). The van der Waals surface area contributed by atoms with E-state index in [4.69, 9.17) is 8.83 Å². The number of hydrogen-bond acceptors (Lipinski definition) is 2. The maximum absolute atomic E-state index is 6.73. The lowest BCUT2D eigenvalue weighted by Crippen LogP contribution is -1.93. The molecule has 0 N–H and O–H groups in total. The number of benzene rings is 9. The second-order valence-electron chi connectivity index (χ2n) is 15.3. The standard InChI is InChI=1S/C54H32N2O2/c1-3-13-33(14-4-1)41-32-51-53(54-52(41)40-19-9-12-22-49(40)58-54)44-31-37(25-28-50(44)57-51)56-46-21-11-8-18-39(46)43-30-35(24-27-48(43)56)34-23-26-47-42(29-34)38-17-7-10-20-45(38)55(47)36-15-5-2-6-16-36/h1-32H. The average Bonchev–Trinajstić information content (AvgIpc) is 4.04. The number of fused-ring (bicyclic) bond motifs is 13. The van der Waals surface area contributed by atoms with Crippen LogP contribution in [-0.2, 0) is 0 Å². The van der Waals surface area contributed by atoms with E-state index in [-0.39, 0.29) is 0 Å². The van der Waals surface area contributed by atoms with E-state index in [1.165, 1.54) is 43.7 Å². The Hall–Kier alpha value is -7.82. The summed E-state index contributed by atoms with van der Waals surface area (Å²) < 4.78 is 18.1. The van der Waals surface area contributed by atoms with Gasteiger partial charge in [-0.2, -0.15) is 0 Å². The number of rotatable bonds is 4. The molecule has 13 aromatic rings. The first-order valence-electron chi connectivity index (χ1n) is 19.8. The van der Waals surface area contributed by atoms with Crippen molar-refractivity contribution >= 4 is 87.5 Å². The van der Waals surface area contributed by atoms with Gasteiger partial charge >= 0.3 is 0 Å². The van der Waals surface area contributed by atoms with E-state index in [0.29, 0.717) is 0 Å². The average molecular weight is 741 g/mol. The molecule has 58 heavy (non-hydrogen) atoms. The highest BCUT2D eigenvalue weighted by Gasteiger charge is 2.22. The molecule has 270 valence electrons. The topological polar surface area (TPSA) is 36.1 Å². The molecule has 0 unspecified atom stereocenters. The summed E-state index contributed by atoms with van der Waals surface area (Å²) in [6.45, 7) is 0. The molecule has 0 aliphatic heterocycles. The van der Waals surface area contributed by atoms with Crippen LogP contribution in [0, 0.1) is 0 Å². The highest BCUT2D eigenvalue weighted by Crippen LogP contribution is 2.45. The summed E-state index contributed by atoms with van der Waals surface area (Å²) >= 11 is 0. The number of furan rings is 2. The fraction of sp³-hybridized carbons (Fsp3) is 0. The summed E-state index contributed by atoms with van der Waals surface area (Å²) in [6, 6.07) is 69.5. The summed E-state index contributed by atoms with van der Waals surface area (Å²) in [5.74, 6) is 0. The van der Waals surface area contributed by atoms with Crippen LogP contribution in [0.15, 0.2) is 203 Å². The summed E-state index contributed by atoms with van der Waals surface area (Å²) in [5.41, 5.74) is 14.9. The molecule has 9 aromatic carbocycles. The van der Waals surface area contributed by atoms with Crippen LogP contribution in [-0.4, -0.2) is 9.13 Å². The molecule has 0 amide bonds. The first-order chi connectivity index (χ1) is 28.8. The van der Waals surface area contributed by atoms with Gasteiger partial charge in [0.05, 0.1) is 27.5 Å². The zero-order chi connectivity index (χ0) is 37.9. The quantitative estimate of drug-likeness (QED) is 0.180. The van der Waals surface area contributed by atoms with E-state index in [9.17, 15) is 0 Å². The molecule has 4 nitrogen and oxygen atoms in total. The number of nitrogens with zero attached hydrogens (tertiary/aromatic N) is 2. The van der Waals surface area contributed by atoms with Crippen LogP contribution in [0.4, 0.5) is 0 Å². The maximum atomic E-state index is 6.73. The highest BCUT2D eigenvalue weighted by molar-refractivity contribution is 6.26. The molecule has 4 heterocycles. The molecule has 0 fully saturated rings. The van der Waals surface area contributed by atoms with Gasteiger partial charge in [-0.15, -0.1) is 0 Å². The molecule has 0 spiro atoms. The van der Waals surface area contributed by atoms with Gasteiger partial charge in [-0.25, -0.2) is 0 Å². The Morgan fingerprint density at radius 2 is 0.845 bits per heavy atom. The minimum atomic E-state index is 0.813. The lowest BCUT2D eigenvalue weighted by atomic mass is 9.97.